The Morgan fingerprint density at radius 1 is 1.15 bits per heavy atom. The second-order valence-corrected chi connectivity index (χ2v) is 5.67. The molecule has 0 saturated carbocycles. The molecule has 0 radical (unpaired) electrons. The van der Waals surface area contributed by atoms with Crippen LogP contribution in [0, 0.1) is 0 Å². The Kier molecular flexibility index (Phi) is 4.90. The van der Waals surface area contributed by atoms with Gasteiger partial charge in [-0.1, -0.05) is 0 Å². The molecule has 1 unspecified atom stereocenters. The second-order valence-electron chi connectivity index (χ2n) is 5.67. The monoisotopic (exact) mass is 294 g/mol. The fourth-order valence-electron chi connectivity index (χ4n) is 3.25. The van der Waals surface area contributed by atoms with E-state index in [4.69, 9.17) is 5.11 Å². The first-order valence-corrected chi connectivity index (χ1v) is 7.14. The summed E-state index contributed by atoms with van der Waals surface area (Å²) in [7, 11) is 0. The Morgan fingerprint density at radius 3 is 2.35 bits per heavy atom. The van der Waals surface area contributed by atoms with Crippen molar-refractivity contribution in [3.8, 4) is 0 Å². The fraction of sp³-hybridized carbons (Fsp3) is 0.923. The lowest BCUT2D eigenvalue weighted by atomic mass is 10.0. The summed E-state index contributed by atoms with van der Waals surface area (Å²) in [6, 6.07) is -0.192. The highest BCUT2D eigenvalue weighted by molar-refractivity contribution is 5.73. The third-order valence-electron chi connectivity index (χ3n) is 4.32. The van der Waals surface area contributed by atoms with Gasteiger partial charge in [-0.25, -0.2) is 0 Å². The van der Waals surface area contributed by atoms with Gasteiger partial charge in [-0.15, -0.1) is 0 Å². The Labute approximate surface area is 116 Å². The molecule has 0 aromatic carbocycles. The minimum absolute atomic E-state index is 0.0541. The average molecular weight is 294 g/mol. The number of alkyl halides is 3. The summed E-state index contributed by atoms with van der Waals surface area (Å²) >= 11 is 0. The smallest absolute Gasteiger partial charge is 0.390 e. The van der Waals surface area contributed by atoms with E-state index < -0.39 is 24.6 Å². The molecule has 0 amide bonds. The van der Waals surface area contributed by atoms with Crippen LogP contribution in [0.15, 0.2) is 0 Å². The predicted molar refractivity (Wildman–Crippen MR) is 67.5 cm³/mol. The number of carbonyl (C=O) groups is 1. The number of hydrogen-bond donors (Lipinski definition) is 1. The first kappa shape index (κ1) is 15.6. The van der Waals surface area contributed by atoms with E-state index in [1.165, 1.54) is 0 Å². The van der Waals surface area contributed by atoms with Crippen LogP contribution in [-0.2, 0) is 4.79 Å². The van der Waals surface area contributed by atoms with Gasteiger partial charge in [0.2, 0.25) is 0 Å². The van der Waals surface area contributed by atoms with Crippen molar-refractivity contribution >= 4 is 5.97 Å². The number of rotatable bonds is 4. The Bertz CT molecular complexity index is 341. The zero-order valence-electron chi connectivity index (χ0n) is 11.4. The van der Waals surface area contributed by atoms with Gasteiger partial charge in [-0.3, -0.25) is 9.69 Å². The molecule has 2 rings (SSSR count). The second kappa shape index (κ2) is 6.30. The topological polar surface area (TPSA) is 43.8 Å². The number of piperidine rings is 1. The molecule has 1 N–H and O–H groups in total. The first-order chi connectivity index (χ1) is 9.37. The van der Waals surface area contributed by atoms with E-state index in [2.05, 4.69) is 0 Å². The summed E-state index contributed by atoms with van der Waals surface area (Å²) < 4.78 is 36.5. The van der Waals surface area contributed by atoms with Crippen molar-refractivity contribution in [1.82, 2.24) is 9.80 Å². The summed E-state index contributed by atoms with van der Waals surface area (Å²) in [4.78, 5) is 15.0. The minimum atomic E-state index is -4.10. The molecule has 2 aliphatic heterocycles. The van der Waals surface area contributed by atoms with Crippen LogP contribution in [0.5, 0.6) is 0 Å². The molecule has 2 saturated heterocycles. The van der Waals surface area contributed by atoms with E-state index >= 15 is 0 Å². The van der Waals surface area contributed by atoms with E-state index in [9.17, 15) is 18.0 Å². The molecule has 0 spiro atoms. The molecule has 2 fully saturated rings. The van der Waals surface area contributed by atoms with Gasteiger partial charge in [-0.05, 0) is 45.3 Å². The Morgan fingerprint density at radius 2 is 1.80 bits per heavy atom. The van der Waals surface area contributed by atoms with Gasteiger partial charge >= 0.3 is 12.1 Å². The van der Waals surface area contributed by atoms with Crippen LogP contribution in [0.25, 0.3) is 0 Å². The molecular formula is C13H21F3N2O2. The van der Waals surface area contributed by atoms with Crippen molar-refractivity contribution in [2.45, 2.75) is 50.4 Å². The zero-order valence-corrected chi connectivity index (χ0v) is 11.4. The molecule has 0 bridgehead atoms. The maximum atomic E-state index is 12.2. The molecule has 2 heterocycles. The predicted octanol–water partition coefficient (Wildman–Crippen LogP) is 1.95. The third-order valence-corrected chi connectivity index (χ3v) is 4.32. The molecule has 4 nitrogen and oxygen atoms in total. The van der Waals surface area contributed by atoms with Crippen LogP contribution in [0.4, 0.5) is 13.2 Å². The molecule has 7 heteroatoms. The Balaban J connectivity index is 1.78. The highest BCUT2D eigenvalue weighted by Gasteiger charge is 2.37. The lowest BCUT2D eigenvalue weighted by molar-refractivity contribution is -0.144. The van der Waals surface area contributed by atoms with Crippen LogP contribution in [-0.4, -0.2) is 65.3 Å². The molecule has 116 valence electrons. The van der Waals surface area contributed by atoms with Gasteiger partial charge in [-0.2, -0.15) is 13.2 Å². The zero-order chi connectivity index (χ0) is 14.8. The lowest BCUT2D eigenvalue weighted by Crippen LogP contribution is -2.49. The molecule has 2 aliphatic rings. The van der Waals surface area contributed by atoms with Gasteiger partial charge in [0, 0.05) is 12.6 Å². The van der Waals surface area contributed by atoms with Crippen molar-refractivity contribution in [2.75, 3.05) is 26.2 Å². The fourth-order valence-corrected chi connectivity index (χ4v) is 3.25. The normalized spacial score (nSPS) is 27.1. The number of halogens is 3. The van der Waals surface area contributed by atoms with Crippen LogP contribution in [0.1, 0.15) is 32.1 Å². The summed E-state index contributed by atoms with van der Waals surface area (Å²) in [6.45, 7) is 2.11. The number of likely N-dealkylation sites (tertiary alicyclic amines) is 2. The standard InChI is InChI=1S/C13H21F3N2O2/c14-13(15,16)5-9-17-7-3-10(4-8-17)18-6-1-2-11(18)12(19)20/h10-11H,1-9H2,(H,19,20). The van der Waals surface area contributed by atoms with Crippen LogP contribution >= 0.6 is 0 Å². The molecule has 1 atom stereocenters. The van der Waals surface area contributed by atoms with E-state index in [0.717, 1.165) is 25.8 Å². The van der Waals surface area contributed by atoms with Gasteiger partial charge < -0.3 is 10.0 Å². The van der Waals surface area contributed by atoms with E-state index in [-0.39, 0.29) is 12.6 Å². The van der Waals surface area contributed by atoms with Crippen molar-refractivity contribution in [1.29, 1.82) is 0 Å². The van der Waals surface area contributed by atoms with Gasteiger partial charge in [0.1, 0.15) is 6.04 Å². The van der Waals surface area contributed by atoms with Crippen LogP contribution in [0.3, 0.4) is 0 Å². The van der Waals surface area contributed by atoms with Gasteiger partial charge in [0.05, 0.1) is 6.42 Å². The molecule has 20 heavy (non-hydrogen) atoms. The number of carboxylic acid groups (broad SMARTS) is 1. The van der Waals surface area contributed by atoms with Crippen molar-refractivity contribution < 1.29 is 23.1 Å². The maximum absolute atomic E-state index is 12.2. The first-order valence-electron chi connectivity index (χ1n) is 7.14. The summed E-state index contributed by atoms with van der Waals surface area (Å²) in [5, 5.41) is 9.16. The van der Waals surface area contributed by atoms with E-state index in [0.29, 0.717) is 19.5 Å². The number of nitrogens with zero attached hydrogens (tertiary/aromatic N) is 2. The van der Waals surface area contributed by atoms with Gasteiger partial charge in [0.25, 0.3) is 0 Å². The number of carboxylic acids is 1. The molecule has 0 aliphatic carbocycles. The minimum Gasteiger partial charge on any atom is -0.480 e. The highest BCUT2D eigenvalue weighted by Crippen LogP contribution is 2.27. The largest absolute Gasteiger partial charge is 0.480 e. The summed E-state index contributed by atoms with van der Waals surface area (Å²) in [5.41, 5.74) is 0. The summed E-state index contributed by atoms with van der Waals surface area (Å²) in [6.07, 6.45) is -1.75. The molecule has 0 aromatic rings. The molecular weight excluding hydrogens is 273 g/mol. The van der Waals surface area contributed by atoms with Gasteiger partial charge in [0.15, 0.2) is 0 Å². The quantitative estimate of drug-likeness (QED) is 0.861. The maximum Gasteiger partial charge on any atom is 0.390 e. The highest BCUT2D eigenvalue weighted by atomic mass is 19.4. The van der Waals surface area contributed by atoms with Crippen molar-refractivity contribution in [3.63, 3.8) is 0 Å². The van der Waals surface area contributed by atoms with Crippen LogP contribution < -0.4 is 0 Å². The third kappa shape index (κ3) is 4.09. The SMILES string of the molecule is O=C(O)C1CCCN1C1CCN(CCC(F)(F)F)CC1. The lowest BCUT2D eigenvalue weighted by Gasteiger charge is -2.38. The average Bonchev–Trinajstić information content (AvgIpc) is 2.85. The van der Waals surface area contributed by atoms with Crippen LogP contribution in [0.2, 0.25) is 0 Å². The summed E-state index contributed by atoms with van der Waals surface area (Å²) in [5.74, 6) is -0.776. The van der Waals surface area contributed by atoms with Crippen molar-refractivity contribution in [3.05, 3.63) is 0 Å². The van der Waals surface area contributed by atoms with Crippen molar-refractivity contribution in [2.24, 2.45) is 0 Å². The molecule has 0 aromatic heterocycles. The van der Waals surface area contributed by atoms with E-state index in [1.807, 2.05) is 9.80 Å². The number of hydrogen-bond acceptors (Lipinski definition) is 3. The van der Waals surface area contributed by atoms with E-state index in [1.54, 1.807) is 0 Å². The Hall–Kier alpha value is -0.820. The number of aliphatic carboxylic acids is 1.